The molecule has 1 aromatic carbocycles. The van der Waals surface area contributed by atoms with Gasteiger partial charge < -0.3 is 15.5 Å². The molecule has 1 amide bonds. The number of piperazine rings is 1. The van der Waals surface area contributed by atoms with Crippen LogP contribution in [0.2, 0.25) is 5.02 Å². The van der Waals surface area contributed by atoms with Crippen LogP contribution < -0.4 is 10.6 Å². The molecule has 0 bridgehead atoms. The standard InChI is InChI=1S/C13H18ClN3O/c1-9-8-16(2)13(18)12(7-15)17(9)11-5-3-4-10(14)6-11/h3-6,9,12H,7-8,15H2,1-2H3. The van der Waals surface area contributed by atoms with Gasteiger partial charge in [-0.3, -0.25) is 4.79 Å². The molecule has 1 aromatic rings. The van der Waals surface area contributed by atoms with Gasteiger partial charge in [0.2, 0.25) is 5.91 Å². The van der Waals surface area contributed by atoms with Crippen molar-refractivity contribution in [2.75, 3.05) is 25.0 Å². The van der Waals surface area contributed by atoms with E-state index in [9.17, 15) is 4.79 Å². The fraction of sp³-hybridized carbons (Fsp3) is 0.462. The molecular weight excluding hydrogens is 250 g/mol. The monoisotopic (exact) mass is 267 g/mol. The predicted molar refractivity (Wildman–Crippen MR) is 73.9 cm³/mol. The van der Waals surface area contributed by atoms with E-state index in [0.717, 1.165) is 5.69 Å². The summed E-state index contributed by atoms with van der Waals surface area (Å²) in [7, 11) is 1.82. The number of carbonyl (C=O) groups is 1. The van der Waals surface area contributed by atoms with Crippen molar-refractivity contribution in [3.8, 4) is 0 Å². The van der Waals surface area contributed by atoms with Gasteiger partial charge in [-0.05, 0) is 25.1 Å². The van der Waals surface area contributed by atoms with Crippen LogP contribution in [-0.4, -0.2) is 43.0 Å². The van der Waals surface area contributed by atoms with Gasteiger partial charge in [-0.1, -0.05) is 17.7 Å². The molecule has 0 spiro atoms. The smallest absolute Gasteiger partial charge is 0.246 e. The van der Waals surface area contributed by atoms with Crippen LogP contribution in [0, 0.1) is 0 Å². The third-order valence-corrected chi connectivity index (χ3v) is 3.57. The molecule has 0 radical (unpaired) electrons. The van der Waals surface area contributed by atoms with Crippen molar-refractivity contribution in [1.29, 1.82) is 0 Å². The van der Waals surface area contributed by atoms with Gasteiger partial charge >= 0.3 is 0 Å². The summed E-state index contributed by atoms with van der Waals surface area (Å²) >= 11 is 6.01. The van der Waals surface area contributed by atoms with E-state index < -0.39 is 0 Å². The zero-order valence-electron chi connectivity index (χ0n) is 10.6. The minimum Gasteiger partial charge on any atom is -0.354 e. The van der Waals surface area contributed by atoms with Crippen molar-refractivity contribution in [1.82, 2.24) is 4.90 Å². The van der Waals surface area contributed by atoms with E-state index in [0.29, 0.717) is 18.1 Å². The Morgan fingerprint density at radius 3 is 2.83 bits per heavy atom. The molecule has 1 heterocycles. The van der Waals surface area contributed by atoms with Gasteiger partial charge in [0.15, 0.2) is 0 Å². The van der Waals surface area contributed by atoms with Crippen molar-refractivity contribution in [3.63, 3.8) is 0 Å². The van der Waals surface area contributed by atoms with Crippen molar-refractivity contribution in [3.05, 3.63) is 29.3 Å². The van der Waals surface area contributed by atoms with E-state index in [4.69, 9.17) is 17.3 Å². The maximum absolute atomic E-state index is 12.1. The lowest BCUT2D eigenvalue weighted by Gasteiger charge is -2.44. The Morgan fingerprint density at radius 2 is 2.22 bits per heavy atom. The largest absolute Gasteiger partial charge is 0.354 e. The van der Waals surface area contributed by atoms with Gasteiger partial charge in [0.1, 0.15) is 6.04 Å². The highest BCUT2D eigenvalue weighted by atomic mass is 35.5. The van der Waals surface area contributed by atoms with Gasteiger partial charge in [0, 0.05) is 36.9 Å². The van der Waals surface area contributed by atoms with Crippen LogP contribution in [0.5, 0.6) is 0 Å². The molecule has 2 unspecified atom stereocenters. The second-order valence-corrected chi connectivity index (χ2v) is 5.14. The minimum absolute atomic E-state index is 0.0653. The maximum atomic E-state index is 12.1. The summed E-state index contributed by atoms with van der Waals surface area (Å²) in [6.45, 7) is 3.09. The minimum atomic E-state index is -0.308. The lowest BCUT2D eigenvalue weighted by Crippen LogP contribution is -2.62. The first-order chi connectivity index (χ1) is 8.54. The predicted octanol–water partition coefficient (Wildman–Crippen LogP) is 1.33. The van der Waals surface area contributed by atoms with Gasteiger partial charge in [0.25, 0.3) is 0 Å². The highest BCUT2D eigenvalue weighted by Gasteiger charge is 2.36. The average molecular weight is 268 g/mol. The number of rotatable bonds is 2. The maximum Gasteiger partial charge on any atom is 0.246 e. The van der Waals surface area contributed by atoms with E-state index in [1.165, 1.54) is 0 Å². The van der Waals surface area contributed by atoms with Crippen LogP contribution in [0.15, 0.2) is 24.3 Å². The summed E-state index contributed by atoms with van der Waals surface area (Å²) in [5.41, 5.74) is 6.71. The Labute approximate surface area is 112 Å². The molecule has 5 heteroatoms. The zero-order chi connectivity index (χ0) is 13.3. The lowest BCUT2D eigenvalue weighted by atomic mass is 10.0. The molecular formula is C13H18ClN3O. The van der Waals surface area contributed by atoms with Gasteiger partial charge in [-0.2, -0.15) is 0 Å². The second-order valence-electron chi connectivity index (χ2n) is 4.71. The van der Waals surface area contributed by atoms with Gasteiger partial charge in [0.05, 0.1) is 0 Å². The first-order valence-corrected chi connectivity index (χ1v) is 6.41. The number of nitrogens with two attached hydrogens (primary N) is 1. The molecule has 18 heavy (non-hydrogen) atoms. The fourth-order valence-corrected chi connectivity index (χ4v) is 2.72. The molecule has 1 aliphatic heterocycles. The molecule has 1 aliphatic rings. The summed E-state index contributed by atoms with van der Waals surface area (Å²) in [5, 5.41) is 0.668. The fourth-order valence-electron chi connectivity index (χ4n) is 2.54. The summed E-state index contributed by atoms with van der Waals surface area (Å²) in [4.78, 5) is 15.9. The first-order valence-electron chi connectivity index (χ1n) is 6.03. The number of amides is 1. The van der Waals surface area contributed by atoms with E-state index in [-0.39, 0.29) is 18.0 Å². The topological polar surface area (TPSA) is 49.6 Å². The molecule has 0 aliphatic carbocycles. The number of halogens is 1. The quantitative estimate of drug-likeness (QED) is 0.880. The second kappa shape index (κ2) is 5.16. The van der Waals surface area contributed by atoms with Crippen LogP contribution in [0.25, 0.3) is 0 Å². The molecule has 1 saturated heterocycles. The normalized spacial score (nSPS) is 24.6. The van der Waals surface area contributed by atoms with Crippen LogP contribution in [0.4, 0.5) is 5.69 Å². The SMILES string of the molecule is CC1CN(C)C(=O)C(CN)N1c1cccc(Cl)c1. The van der Waals surface area contributed by atoms with E-state index in [1.807, 2.05) is 31.3 Å². The van der Waals surface area contributed by atoms with Crippen molar-refractivity contribution >= 4 is 23.2 Å². The Kier molecular flexibility index (Phi) is 3.78. The average Bonchev–Trinajstić information content (AvgIpc) is 2.33. The Bertz CT molecular complexity index is 452. The number of benzene rings is 1. The lowest BCUT2D eigenvalue weighted by molar-refractivity contribution is -0.133. The molecule has 2 rings (SSSR count). The highest BCUT2D eigenvalue weighted by molar-refractivity contribution is 6.30. The van der Waals surface area contributed by atoms with Gasteiger partial charge in [-0.15, -0.1) is 0 Å². The van der Waals surface area contributed by atoms with E-state index >= 15 is 0 Å². The molecule has 98 valence electrons. The Hall–Kier alpha value is -1.26. The zero-order valence-corrected chi connectivity index (χ0v) is 11.4. The molecule has 1 fully saturated rings. The number of hydrogen-bond donors (Lipinski definition) is 1. The van der Waals surface area contributed by atoms with Crippen LogP contribution in [0.1, 0.15) is 6.92 Å². The Balaban J connectivity index is 2.37. The molecule has 0 saturated carbocycles. The third-order valence-electron chi connectivity index (χ3n) is 3.34. The molecule has 2 N–H and O–H groups in total. The van der Waals surface area contributed by atoms with Crippen molar-refractivity contribution < 1.29 is 4.79 Å². The summed E-state index contributed by atoms with van der Waals surface area (Å²) < 4.78 is 0. The number of carbonyl (C=O) groups excluding carboxylic acids is 1. The Morgan fingerprint density at radius 1 is 1.50 bits per heavy atom. The van der Waals surface area contributed by atoms with Crippen molar-refractivity contribution in [2.24, 2.45) is 5.73 Å². The first kappa shape index (κ1) is 13.2. The van der Waals surface area contributed by atoms with Crippen LogP contribution in [0.3, 0.4) is 0 Å². The van der Waals surface area contributed by atoms with Crippen LogP contribution in [-0.2, 0) is 4.79 Å². The summed E-state index contributed by atoms with van der Waals surface area (Å²) in [5.74, 6) is 0.0653. The third kappa shape index (κ3) is 2.31. The highest BCUT2D eigenvalue weighted by Crippen LogP contribution is 2.26. The van der Waals surface area contributed by atoms with Crippen LogP contribution >= 0.6 is 11.6 Å². The number of nitrogens with zero attached hydrogens (tertiary/aromatic N) is 2. The van der Waals surface area contributed by atoms with E-state index in [1.54, 1.807) is 4.90 Å². The summed E-state index contributed by atoms with van der Waals surface area (Å²) in [6, 6.07) is 7.46. The number of anilines is 1. The molecule has 4 nitrogen and oxygen atoms in total. The van der Waals surface area contributed by atoms with E-state index in [2.05, 4.69) is 11.8 Å². The molecule has 0 aromatic heterocycles. The number of hydrogen-bond acceptors (Lipinski definition) is 3. The summed E-state index contributed by atoms with van der Waals surface area (Å²) in [6.07, 6.45) is 0. The number of likely N-dealkylation sites (N-methyl/N-ethyl adjacent to an activating group) is 1. The van der Waals surface area contributed by atoms with Crippen molar-refractivity contribution in [2.45, 2.75) is 19.0 Å². The van der Waals surface area contributed by atoms with Gasteiger partial charge in [-0.25, -0.2) is 0 Å². The molecule has 2 atom stereocenters.